The Balaban J connectivity index is 2.18. The van der Waals surface area contributed by atoms with Crippen molar-refractivity contribution < 1.29 is 19.7 Å². The molecule has 1 saturated carbocycles. The van der Waals surface area contributed by atoms with Crippen LogP contribution in [-0.2, 0) is 14.9 Å². The maximum Gasteiger partial charge on any atom is 0.311 e. The second-order valence-corrected chi connectivity index (χ2v) is 8.59. The molecule has 5 atom stereocenters. The number of carbonyl (C=O) groups is 1. The number of ether oxygens (including phenoxy) is 1. The van der Waals surface area contributed by atoms with Crippen molar-refractivity contribution in [2.75, 3.05) is 7.11 Å². The van der Waals surface area contributed by atoms with E-state index in [0.29, 0.717) is 12.3 Å². The molecule has 25 heavy (non-hydrogen) atoms. The lowest BCUT2D eigenvalue weighted by Crippen LogP contribution is -2.59. The SMILES string of the molecule is COC(=O)C1(C)CCCC2(C)c3ccc(C(C)C)cc3C(O)C(O)C12. The zero-order valence-electron chi connectivity index (χ0n) is 15.9. The summed E-state index contributed by atoms with van der Waals surface area (Å²) in [6.45, 7) is 8.24. The van der Waals surface area contributed by atoms with E-state index in [2.05, 4.69) is 32.9 Å². The Morgan fingerprint density at radius 1 is 1.24 bits per heavy atom. The summed E-state index contributed by atoms with van der Waals surface area (Å²) >= 11 is 0. The number of methoxy groups -OCH3 is 1. The molecule has 1 aromatic rings. The minimum atomic E-state index is -0.982. The first-order valence-electron chi connectivity index (χ1n) is 9.25. The molecule has 4 heteroatoms. The van der Waals surface area contributed by atoms with Crippen LogP contribution in [-0.4, -0.2) is 29.4 Å². The van der Waals surface area contributed by atoms with Crippen LogP contribution in [0.3, 0.4) is 0 Å². The van der Waals surface area contributed by atoms with Gasteiger partial charge >= 0.3 is 5.97 Å². The Hall–Kier alpha value is -1.39. The van der Waals surface area contributed by atoms with Gasteiger partial charge < -0.3 is 14.9 Å². The normalized spacial score (nSPS) is 37.4. The van der Waals surface area contributed by atoms with Gasteiger partial charge in [-0.3, -0.25) is 4.79 Å². The fraction of sp³-hybridized carbons (Fsp3) is 0.667. The molecule has 2 aliphatic carbocycles. The van der Waals surface area contributed by atoms with Gasteiger partial charge in [-0.25, -0.2) is 0 Å². The summed E-state index contributed by atoms with van der Waals surface area (Å²) in [6.07, 6.45) is 0.496. The van der Waals surface area contributed by atoms with Crippen LogP contribution in [0.4, 0.5) is 0 Å². The number of fused-ring (bicyclic) bond motifs is 3. The Morgan fingerprint density at radius 2 is 1.92 bits per heavy atom. The lowest BCUT2D eigenvalue weighted by atomic mass is 9.48. The van der Waals surface area contributed by atoms with Crippen molar-refractivity contribution in [2.45, 2.75) is 70.5 Å². The summed E-state index contributed by atoms with van der Waals surface area (Å²) in [6, 6.07) is 6.23. The zero-order valence-corrected chi connectivity index (χ0v) is 15.9. The fourth-order valence-electron chi connectivity index (χ4n) is 5.43. The highest BCUT2D eigenvalue weighted by atomic mass is 16.5. The van der Waals surface area contributed by atoms with Gasteiger partial charge in [0.15, 0.2) is 0 Å². The molecule has 5 unspecified atom stereocenters. The van der Waals surface area contributed by atoms with Crippen molar-refractivity contribution in [1.29, 1.82) is 0 Å². The van der Waals surface area contributed by atoms with Crippen LogP contribution >= 0.6 is 0 Å². The van der Waals surface area contributed by atoms with E-state index in [4.69, 9.17) is 4.74 Å². The third-order valence-electron chi connectivity index (χ3n) is 6.76. The lowest BCUT2D eigenvalue weighted by molar-refractivity contribution is -0.175. The minimum Gasteiger partial charge on any atom is -0.469 e. The number of esters is 1. The third kappa shape index (κ3) is 2.53. The number of benzene rings is 1. The average Bonchev–Trinajstić information content (AvgIpc) is 2.58. The van der Waals surface area contributed by atoms with E-state index in [0.717, 1.165) is 29.5 Å². The quantitative estimate of drug-likeness (QED) is 0.805. The predicted octanol–water partition coefficient (Wildman–Crippen LogP) is 3.46. The number of hydrogen-bond acceptors (Lipinski definition) is 4. The molecular weight excluding hydrogens is 316 g/mol. The Labute approximate surface area is 150 Å². The summed E-state index contributed by atoms with van der Waals surface area (Å²) < 4.78 is 5.08. The van der Waals surface area contributed by atoms with Gasteiger partial charge in [0.25, 0.3) is 0 Å². The van der Waals surface area contributed by atoms with Crippen molar-refractivity contribution in [3.05, 3.63) is 34.9 Å². The van der Waals surface area contributed by atoms with Crippen LogP contribution in [0.25, 0.3) is 0 Å². The molecule has 0 heterocycles. The molecule has 1 fully saturated rings. The van der Waals surface area contributed by atoms with Crippen LogP contribution in [0.15, 0.2) is 18.2 Å². The summed E-state index contributed by atoms with van der Waals surface area (Å²) in [5, 5.41) is 21.9. The minimum absolute atomic E-state index is 0.295. The molecule has 1 aromatic carbocycles. The van der Waals surface area contributed by atoms with Gasteiger partial charge in [-0.2, -0.15) is 0 Å². The van der Waals surface area contributed by atoms with E-state index < -0.39 is 17.6 Å². The van der Waals surface area contributed by atoms with Gasteiger partial charge in [0.2, 0.25) is 0 Å². The van der Waals surface area contributed by atoms with E-state index >= 15 is 0 Å². The molecule has 0 bridgehead atoms. The highest BCUT2D eigenvalue weighted by molar-refractivity contribution is 5.77. The van der Waals surface area contributed by atoms with Gasteiger partial charge in [0, 0.05) is 5.92 Å². The molecule has 2 aliphatic rings. The second kappa shape index (κ2) is 6.10. The smallest absolute Gasteiger partial charge is 0.311 e. The highest BCUT2D eigenvalue weighted by Gasteiger charge is 2.61. The molecule has 3 rings (SSSR count). The average molecular weight is 346 g/mol. The van der Waals surface area contributed by atoms with Crippen molar-refractivity contribution in [3.63, 3.8) is 0 Å². The van der Waals surface area contributed by atoms with Crippen LogP contribution in [0.1, 0.15) is 75.7 Å². The number of rotatable bonds is 2. The van der Waals surface area contributed by atoms with Gasteiger partial charge in [-0.05, 0) is 47.8 Å². The molecule has 0 radical (unpaired) electrons. The van der Waals surface area contributed by atoms with E-state index in [1.54, 1.807) is 0 Å². The standard InChI is InChI=1S/C21H30O4/c1-12(2)13-7-8-15-14(11-13)16(22)17(23)18-20(15,3)9-6-10-21(18,4)19(24)25-5/h7-8,11-12,16-18,22-23H,6,9-10H2,1-5H3. The Bertz CT molecular complexity index is 682. The molecule has 0 spiro atoms. The first-order chi connectivity index (χ1) is 11.7. The van der Waals surface area contributed by atoms with Crippen LogP contribution in [0.2, 0.25) is 0 Å². The molecule has 0 aromatic heterocycles. The Morgan fingerprint density at radius 3 is 2.52 bits per heavy atom. The number of carbonyl (C=O) groups excluding carboxylic acids is 1. The van der Waals surface area contributed by atoms with E-state index in [-0.39, 0.29) is 17.3 Å². The van der Waals surface area contributed by atoms with Crippen LogP contribution in [0.5, 0.6) is 0 Å². The number of hydrogen-bond donors (Lipinski definition) is 2. The maximum absolute atomic E-state index is 12.6. The maximum atomic E-state index is 12.6. The summed E-state index contributed by atoms with van der Waals surface area (Å²) in [5.74, 6) is -0.308. The molecular formula is C21H30O4. The highest BCUT2D eigenvalue weighted by Crippen LogP contribution is 2.59. The van der Waals surface area contributed by atoms with E-state index in [1.807, 2.05) is 13.0 Å². The Kier molecular flexibility index (Phi) is 4.49. The molecule has 2 N–H and O–H groups in total. The molecule has 0 amide bonds. The van der Waals surface area contributed by atoms with Crippen molar-refractivity contribution >= 4 is 5.97 Å². The van der Waals surface area contributed by atoms with Gasteiger partial charge in [-0.15, -0.1) is 0 Å². The third-order valence-corrected chi connectivity index (χ3v) is 6.76. The van der Waals surface area contributed by atoms with Crippen LogP contribution < -0.4 is 0 Å². The van der Waals surface area contributed by atoms with E-state index in [9.17, 15) is 15.0 Å². The van der Waals surface area contributed by atoms with Gasteiger partial charge in [-0.1, -0.05) is 45.4 Å². The van der Waals surface area contributed by atoms with Crippen molar-refractivity contribution in [3.8, 4) is 0 Å². The first kappa shape index (κ1) is 18.4. The lowest BCUT2D eigenvalue weighted by Gasteiger charge is -2.56. The van der Waals surface area contributed by atoms with Crippen molar-refractivity contribution in [2.24, 2.45) is 11.3 Å². The summed E-state index contributed by atoms with van der Waals surface area (Å²) in [4.78, 5) is 12.6. The molecule has 0 saturated heterocycles. The first-order valence-corrected chi connectivity index (χ1v) is 9.25. The zero-order chi connectivity index (χ0) is 18.6. The van der Waals surface area contributed by atoms with E-state index in [1.165, 1.54) is 7.11 Å². The topological polar surface area (TPSA) is 66.8 Å². The van der Waals surface area contributed by atoms with Crippen molar-refractivity contribution in [1.82, 2.24) is 0 Å². The number of aliphatic hydroxyl groups is 2. The van der Waals surface area contributed by atoms with Crippen LogP contribution in [0, 0.1) is 11.3 Å². The van der Waals surface area contributed by atoms with Gasteiger partial charge in [0.1, 0.15) is 6.10 Å². The molecule has 4 nitrogen and oxygen atoms in total. The molecule has 0 aliphatic heterocycles. The summed E-state index contributed by atoms with van der Waals surface area (Å²) in [5.41, 5.74) is 1.88. The fourth-order valence-corrected chi connectivity index (χ4v) is 5.43. The largest absolute Gasteiger partial charge is 0.469 e. The summed E-state index contributed by atoms with van der Waals surface area (Å²) in [7, 11) is 1.40. The second-order valence-electron chi connectivity index (χ2n) is 8.59. The van der Waals surface area contributed by atoms with Gasteiger partial charge in [0.05, 0.1) is 18.6 Å². The number of aliphatic hydroxyl groups excluding tert-OH is 2. The monoisotopic (exact) mass is 346 g/mol. The predicted molar refractivity (Wildman–Crippen MR) is 96.3 cm³/mol. The molecule has 138 valence electrons.